The zero-order valence-corrected chi connectivity index (χ0v) is 32.3. The summed E-state index contributed by atoms with van der Waals surface area (Å²) in [5.74, 6) is 10.6. The van der Waals surface area contributed by atoms with Crippen LogP contribution in [0.1, 0.15) is 137 Å². The Balaban J connectivity index is 1.86. The molecule has 0 aromatic carbocycles. The van der Waals surface area contributed by atoms with E-state index < -0.39 is 9.04 Å². The van der Waals surface area contributed by atoms with Crippen LogP contribution in [0, 0.1) is 35.2 Å². The van der Waals surface area contributed by atoms with Crippen LogP contribution in [-0.4, -0.2) is 73.5 Å². The first-order valence-electron chi connectivity index (χ1n) is 18.6. The van der Waals surface area contributed by atoms with Gasteiger partial charge in [0.2, 0.25) is 0 Å². The molecule has 2 fully saturated rings. The van der Waals surface area contributed by atoms with Crippen LogP contribution in [-0.2, 0) is 32.8 Å². The number of ether oxygens (including phenoxy) is 6. The van der Waals surface area contributed by atoms with Crippen molar-refractivity contribution in [1.29, 1.82) is 0 Å². The molecule has 0 aromatic heterocycles. The average molecular weight is 678 g/mol. The van der Waals surface area contributed by atoms with Crippen molar-refractivity contribution in [3.63, 3.8) is 0 Å². The molecule has 8 heteroatoms. The molecule has 47 heavy (non-hydrogen) atoms. The summed E-state index contributed by atoms with van der Waals surface area (Å²) < 4.78 is 41.4. The summed E-state index contributed by atoms with van der Waals surface area (Å²) in [4.78, 5) is 0. The van der Waals surface area contributed by atoms with E-state index in [1.54, 1.807) is 14.2 Å². The van der Waals surface area contributed by atoms with E-state index in [4.69, 9.17) is 32.8 Å². The van der Waals surface area contributed by atoms with Crippen LogP contribution in [0.5, 0.6) is 0 Å². The van der Waals surface area contributed by atoms with E-state index in [0.717, 1.165) is 57.8 Å². The van der Waals surface area contributed by atoms with Crippen LogP contribution in [0.25, 0.3) is 0 Å². The molecule has 2 aliphatic heterocycles. The van der Waals surface area contributed by atoms with E-state index in [1.807, 2.05) is 0 Å². The van der Waals surface area contributed by atoms with Crippen molar-refractivity contribution in [1.82, 2.24) is 0 Å². The van der Waals surface area contributed by atoms with Crippen LogP contribution >= 0.6 is 0 Å². The second-order valence-electron chi connectivity index (χ2n) is 14.7. The van der Waals surface area contributed by atoms with Gasteiger partial charge in [-0.1, -0.05) is 90.9 Å². The molecule has 2 saturated heterocycles. The van der Waals surface area contributed by atoms with Crippen LogP contribution in [0.2, 0.25) is 13.1 Å². The van der Waals surface area contributed by atoms with Gasteiger partial charge in [-0.2, -0.15) is 0 Å². The molecule has 0 N–H and O–H groups in total. The van der Waals surface area contributed by atoms with Gasteiger partial charge < -0.3 is 32.8 Å². The fourth-order valence-electron chi connectivity index (χ4n) is 6.68. The zero-order chi connectivity index (χ0) is 34.3. The van der Waals surface area contributed by atoms with Gasteiger partial charge in [0, 0.05) is 27.1 Å². The lowest BCUT2D eigenvalue weighted by molar-refractivity contribution is -0.150. The molecule has 7 atom stereocenters. The fraction of sp³-hybridized carbons (Fsp3) is 0.897. The number of unbranched alkanes of at least 4 members (excludes halogenated alkanes) is 7. The molecule has 2 rings (SSSR count). The van der Waals surface area contributed by atoms with Crippen molar-refractivity contribution in [2.45, 2.75) is 187 Å². The summed E-state index contributed by atoms with van der Waals surface area (Å²) in [5, 5.41) is 0. The molecular weight excluding hydrogens is 609 g/mol. The Labute approximate surface area is 290 Å². The highest BCUT2D eigenvalue weighted by Crippen LogP contribution is 2.36. The van der Waals surface area contributed by atoms with Gasteiger partial charge in [0.1, 0.15) is 19.7 Å². The van der Waals surface area contributed by atoms with E-state index in [9.17, 15) is 0 Å². The maximum Gasteiger partial charge on any atom is 0.289 e. The van der Waals surface area contributed by atoms with Crippen molar-refractivity contribution in [3.8, 4) is 23.9 Å². The highest BCUT2D eigenvalue weighted by molar-refractivity contribution is 6.48. The van der Waals surface area contributed by atoms with Gasteiger partial charge in [0.15, 0.2) is 0 Å². The maximum atomic E-state index is 6.63. The first-order chi connectivity index (χ1) is 22.7. The molecular formula is C39H69O7Si. The standard InChI is InChI=1S/C39H69O7Si/c1-9-10-11-12-13-14-15-16-23-33(42-30-40-5)35-25-27-37(45-35)38-28-26-36(46-38)34(43-31-41-6)24-18-17-21-32(39(2,3)4)22-19-20-29-44-47(7)8/h32-38H,9-17,19,21-23,25-28,30-31H2,1-8H3. The van der Waals surface area contributed by atoms with Crippen molar-refractivity contribution in [2.75, 3.05) is 27.8 Å². The van der Waals surface area contributed by atoms with Crippen LogP contribution in [0.4, 0.5) is 0 Å². The summed E-state index contributed by atoms with van der Waals surface area (Å²) in [6, 6.07) is 0. The Morgan fingerprint density at radius 2 is 1.30 bits per heavy atom. The zero-order valence-electron chi connectivity index (χ0n) is 31.3. The summed E-state index contributed by atoms with van der Waals surface area (Å²) in [7, 11) is 2.57. The molecule has 1 radical (unpaired) electrons. The highest BCUT2D eigenvalue weighted by Gasteiger charge is 2.41. The lowest BCUT2D eigenvalue weighted by Gasteiger charge is -2.30. The van der Waals surface area contributed by atoms with Crippen LogP contribution in [0.15, 0.2) is 0 Å². The summed E-state index contributed by atoms with van der Waals surface area (Å²) in [6.07, 6.45) is 21.9. The molecule has 0 spiro atoms. The predicted octanol–water partition coefficient (Wildman–Crippen LogP) is 9.05. The van der Waals surface area contributed by atoms with E-state index in [-0.39, 0.29) is 48.8 Å². The number of rotatable bonds is 23. The van der Waals surface area contributed by atoms with E-state index >= 15 is 0 Å². The minimum absolute atomic E-state index is 0.0552. The van der Waals surface area contributed by atoms with Crippen molar-refractivity contribution >= 4 is 9.04 Å². The van der Waals surface area contributed by atoms with Gasteiger partial charge in [-0.15, -0.1) is 5.92 Å². The van der Waals surface area contributed by atoms with Gasteiger partial charge in [-0.3, -0.25) is 0 Å². The van der Waals surface area contributed by atoms with Crippen LogP contribution < -0.4 is 0 Å². The maximum absolute atomic E-state index is 6.63. The van der Waals surface area contributed by atoms with Gasteiger partial charge in [-0.05, 0) is 69.4 Å². The third-order valence-electron chi connectivity index (χ3n) is 9.48. The molecule has 7 nitrogen and oxygen atoms in total. The quantitative estimate of drug-likeness (QED) is 0.0463. The Kier molecular flexibility index (Phi) is 22.3. The molecule has 2 aliphatic rings. The summed E-state index contributed by atoms with van der Waals surface area (Å²) in [5.41, 5.74) is 0.197. The molecule has 0 amide bonds. The molecule has 0 aliphatic carbocycles. The Bertz CT molecular complexity index is 914. The Morgan fingerprint density at radius 1 is 0.723 bits per heavy atom. The van der Waals surface area contributed by atoms with Crippen molar-refractivity contribution in [3.05, 3.63) is 0 Å². The second kappa shape index (κ2) is 24.9. The number of hydrogen-bond acceptors (Lipinski definition) is 7. The van der Waals surface area contributed by atoms with E-state index in [1.165, 1.54) is 51.4 Å². The molecule has 0 saturated carbocycles. The SMILES string of the molecule is CCCCCCCCCCC(OCOC)C1CCC(C2CCC(C(C#CCCC(CCC#CO[Si](C)C)C(C)(C)C)OCOC)O2)O1. The van der Waals surface area contributed by atoms with Gasteiger partial charge in [0.25, 0.3) is 9.04 Å². The summed E-state index contributed by atoms with van der Waals surface area (Å²) >= 11 is 0. The van der Waals surface area contributed by atoms with E-state index in [0.29, 0.717) is 12.7 Å². The third kappa shape index (κ3) is 17.9. The third-order valence-corrected chi connectivity index (χ3v) is 9.99. The van der Waals surface area contributed by atoms with Crippen molar-refractivity contribution in [2.24, 2.45) is 11.3 Å². The first-order valence-corrected chi connectivity index (χ1v) is 21.1. The number of methoxy groups -OCH3 is 2. The molecule has 2 heterocycles. The monoisotopic (exact) mass is 677 g/mol. The summed E-state index contributed by atoms with van der Waals surface area (Å²) in [6.45, 7) is 13.9. The molecule has 0 bridgehead atoms. The molecule has 0 aromatic rings. The lowest BCUT2D eigenvalue weighted by Crippen LogP contribution is -2.35. The minimum Gasteiger partial charge on any atom is -0.500 e. The van der Waals surface area contributed by atoms with Crippen LogP contribution in [0.3, 0.4) is 0 Å². The molecule has 7 unspecified atom stereocenters. The Morgan fingerprint density at radius 3 is 1.91 bits per heavy atom. The minimum atomic E-state index is -0.767. The van der Waals surface area contributed by atoms with Gasteiger partial charge in [-0.25, -0.2) is 0 Å². The first kappa shape index (κ1) is 42.1. The second-order valence-corrected chi connectivity index (χ2v) is 16.7. The highest BCUT2D eigenvalue weighted by atomic mass is 28.3. The Hall–Kier alpha value is -1.10. The topological polar surface area (TPSA) is 64.6 Å². The predicted molar refractivity (Wildman–Crippen MR) is 192 cm³/mol. The number of hydrogen-bond donors (Lipinski definition) is 0. The fourth-order valence-corrected chi connectivity index (χ4v) is 6.96. The lowest BCUT2D eigenvalue weighted by atomic mass is 9.75. The van der Waals surface area contributed by atoms with Crippen molar-refractivity contribution < 1.29 is 32.8 Å². The van der Waals surface area contributed by atoms with Gasteiger partial charge in [0.05, 0.1) is 36.6 Å². The largest absolute Gasteiger partial charge is 0.500 e. The van der Waals surface area contributed by atoms with E-state index in [2.05, 4.69) is 64.7 Å². The van der Waals surface area contributed by atoms with Gasteiger partial charge >= 0.3 is 0 Å². The average Bonchev–Trinajstić information content (AvgIpc) is 3.72. The smallest absolute Gasteiger partial charge is 0.289 e. The molecule has 271 valence electrons. The normalized spacial score (nSPS) is 23.2.